The number of carbonyl (C=O) groups is 1. The maximum Gasteiger partial charge on any atom is 0.233 e. The first-order chi connectivity index (χ1) is 8.94. The molecule has 1 unspecified atom stereocenters. The first kappa shape index (κ1) is 13.9. The maximum absolute atomic E-state index is 12.5. The molecule has 0 saturated heterocycles. The molecule has 2 N–H and O–H groups in total. The summed E-state index contributed by atoms with van der Waals surface area (Å²) in [6, 6.07) is 7.74. The van der Waals surface area contributed by atoms with Crippen molar-refractivity contribution in [1.82, 2.24) is 4.90 Å². The number of fused-ring (bicyclic) bond motifs is 1. The molecule has 0 radical (unpaired) electrons. The fraction of sp³-hybridized carbons (Fsp3) is 0.533. The average Bonchev–Trinajstić information content (AvgIpc) is 2.81. The Labute approximate surface area is 114 Å². The molecule has 1 atom stereocenters. The summed E-state index contributed by atoms with van der Waals surface area (Å²) in [4.78, 5) is 14.3. The van der Waals surface area contributed by atoms with E-state index in [2.05, 4.69) is 13.8 Å². The van der Waals surface area contributed by atoms with Crippen molar-refractivity contribution in [3.05, 3.63) is 29.8 Å². The van der Waals surface area contributed by atoms with E-state index in [4.69, 9.17) is 10.5 Å². The Morgan fingerprint density at radius 2 is 2.16 bits per heavy atom. The van der Waals surface area contributed by atoms with Gasteiger partial charge in [0.05, 0.1) is 0 Å². The predicted octanol–water partition coefficient (Wildman–Crippen LogP) is 1.61. The van der Waals surface area contributed by atoms with Gasteiger partial charge in [0.25, 0.3) is 0 Å². The van der Waals surface area contributed by atoms with E-state index in [0.29, 0.717) is 19.7 Å². The van der Waals surface area contributed by atoms with E-state index in [1.165, 1.54) is 0 Å². The summed E-state index contributed by atoms with van der Waals surface area (Å²) in [7, 11) is 1.83. The Hall–Kier alpha value is -1.55. The van der Waals surface area contributed by atoms with Crippen LogP contribution in [0.2, 0.25) is 0 Å². The summed E-state index contributed by atoms with van der Waals surface area (Å²) in [5.74, 6) is 0.744. The van der Waals surface area contributed by atoms with Gasteiger partial charge in [-0.05, 0) is 18.0 Å². The lowest BCUT2D eigenvalue weighted by atomic mass is 9.92. The van der Waals surface area contributed by atoms with E-state index in [1.807, 2.05) is 31.3 Å². The first-order valence-corrected chi connectivity index (χ1v) is 6.61. The summed E-state index contributed by atoms with van der Waals surface area (Å²) in [5.41, 5.74) is 6.65. The number of carbonyl (C=O) groups excluding carboxylic acids is 1. The molecule has 0 fully saturated rings. The van der Waals surface area contributed by atoms with Crippen LogP contribution in [0, 0.1) is 5.41 Å². The third-order valence-corrected chi connectivity index (χ3v) is 3.59. The van der Waals surface area contributed by atoms with E-state index in [-0.39, 0.29) is 17.2 Å². The van der Waals surface area contributed by atoms with Crippen LogP contribution >= 0.6 is 0 Å². The molecule has 104 valence electrons. The van der Waals surface area contributed by atoms with E-state index >= 15 is 0 Å². The molecule has 1 heterocycles. The molecule has 1 amide bonds. The molecule has 0 spiro atoms. The van der Waals surface area contributed by atoms with Crippen LogP contribution in [0.3, 0.4) is 0 Å². The third-order valence-electron chi connectivity index (χ3n) is 3.59. The summed E-state index contributed by atoms with van der Waals surface area (Å²) in [5, 5.41) is 0. The number of nitrogens with two attached hydrogens (primary N) is 1. The Morgan fingerprint density at radius 3 is 2.84 bits per heavy atom. The summed E-state index contributed by atoms with van der Waals surface area (Å²) in [6.07, 6.45) is 0. The van der Waals surface area contributed by atoms with Crippen molar-refractivity contribution in [2.24, 2.45) is 11.1 Å². The van der Waals surface area contributed by atoms with Crippen molar-refractivity contribution in [1.29, 1.82) is 0 Å². The van der Waals surface area contributed by atoms with Gasteiger partial charge >= 0.3 is 0 Å². The highest BCUT2D eigenvalue weighted by atomic mass is 16.5. The molecule has 0 aromatic heterocycles. The molecule has 1 aromatic carbocycles. The molecule has 0 bridgehead atoms. The minimum atomic E-state index is -0.185. The molecule has 0 saturated carbocycles. The van der Waals surface area contributed by atoms with Crippen LogP contribution in [0.25, 0.3) is 0 Å². The number of likely N-dealkylation sites (N-methyl/N-ethyl adjacent to an activating group) is 1. The SMILES string of the molecule is CN(CC(C)(C)CN)C(=O)C1COc2ccccc21. The number of amides is 1. The molecular weight excluding hydrogens is 240 g/mol. The predicted molar refractivity (Wildman–Crippen MR) is 75.2 cm³/mol. The lowest BCUT2D eigenvalue weighted by Crippen LogP contribution is -2.42. The molecule has 1 aliphatic heterocycles. The third kappa shape index (κ3) is 2.89. The number of para-hydroxylation sites is 1. The molecule has 4 heteroatoms. The Kier molecular flexibility index (Phi) is 3.80. The summed E-state index contributed by atoms with van der Waals surface area (Å²) in [6.45, 7) is 5.78. The fourth-order valence-electron chi connectivity index (χ4n) is 2.42. The van der Waals surface area contributed by atoms with Crippen LogP contribution in [0.15, 0.2) is 24.3 Å². The van der Waals surface area contributed by atoms with Gasteiger partial charge in [-0.25, -0.2) is 0 Å². The van der Waals surface area contributed by atoms with Gasteiger partial charge in [-0.1, -0.05) is 32.0 Å². The van der Waals surface area contributed by atoms with Crippen molar-refractivity contribution in [2.45, 2.75) is 19.8 Å². The van der Waals surface area contributed by atoms with Gasteiger partial charge in [0, 0.05) is 19.2 Å². The first-order valence-electron chi connectivity index (χ1n) is 6.61. The van der Waals surface area contributed by atoms with Crippen LogP contribution in [0.5, 0.6) is 5.75 Å². The molecule has 2 rings (SSSR count). The van der Waals surface area contributed by atoms with Crippen LogP contribution in [0.4, 0.5) is 0 Å². The van der Waals surface area contributed by atoms with Gasteiger partial charge in [-0.3, -0.25) is 4.79 Å². The number of ether oxygens (including phenoxy) is 1. The lowest BCUT2D eigenvalue weighted by Gasteiger charge is -2.30. The lowest BCUT2D eigenvalue weighted by molar-refractivity contribution is -0.132. The van der Waals surface area contributed by atoms with Crippen molar-refractivity contribution < 1.29 is 9.53 Å². The molecular formula is C15H22N2O2. The standard InChI is InChI=1S/C15H22N2O2/c1-15(2,9-16)10-17(3)14(18)12-8-19-13-7-5-4-6-11(12)13/h4-7,12H,8-10,16H2,1-3H3. The molecule has 0 aliphatic carbocycles. The largest absolute Gasteiger partial charge is 0.492 e. The Morgan fingerprint density at radius 1 is 1.47 bits per heavy atom. The summed E-state index contributed by atoms with van der Waals surface area (Å²) < 4.78 is 5.57. The smallest absolute Gasteiger partial charge is 0.233 e. The minimum absolute atomic E-state index is 0.0661. The van der Waals surface area contributed by atoms with Gasteiger partial charge in [-0.15, -0.1) is 0 Å². The Balaban J connectivity index is 2.09. The second-order valence-electron chi connectivity index (χ2n) is 5.96. The molecule has 19 heavy (non-hydrogen) atoms. The zero-order chi connectivity index (χ0) is 14.0. The average molecular weight is 262 g/mol. The highest BCUT2D eigenvalue weighted by molar-refractivity contribution is 5.85. The number of nitrogens with zero attached hydrogens (tertiary/aromatic N) is 1. The van der Waals surface area contributed by atoms with E-state index in [0.717, 1.165) is 11.3 Å². The highest BCUT2D eigenvalue weighted by Crippen LogP contribution is 2.34. The van der Waals surface area contributed by atoms with Crippen molar-refractivity contribution in [3.8, 4) is 5.75 Å². The number of hydrogen-bond donors (Lipinski definition) is 1. The highest BCUT2D eigenvalue weighted by Gasteiger charge is 2.33. The van der Waals surface area contributed by atoms with Crippen LogP contribution in [0.1, 0.15) is 25.3 Å². The topological polar surface area (TPSA) is 55.6 Å². The van der Waals surface area contributed by atoms with Gasteiger partial charge in [0.1, 0.15) is 18.3 Å². The van der Waals surface area contributed by atoms with Gasteiger partial charge in [-0.2, -0.15) is 0 Å². The summed E-state index contributed by atoms with van der Waals surface area (Å²) >= 11 is 0. The quantitative estimate of drug-likeness (QED) is 0.897. The van der Waals surface area contributed by atoms with Crippen molar-refractivity contribution >= 4 is 5.91 Å². The van der Waals surface area contributed by atoms with Gasteiger partial charge in [0.15, 0.2) is 0 Å². The van der Waals surface area contributed by atoms with Crippen LogP contribution in [-0.2, 0) is 4.79 Å². The molecule has 1 aromatic rings. The number of rotatable bonds is 4. The van der Waals surface area contributed by atoms with Crippen molar-refractivity contribution in [2.75, 3.05) is 26.7 Å². The van der Waals surface area contributed by atoms with Gasteiger partial charge < -0.3 is 15.4 Å². The van der Waals surface area contributed by atoms with E-state index in [9.17, 15) is 4.79 Å². The number of benzene rings is 1. The minimum Gasteiger partial charge on any atom is -0.492 e. The number of hydrogen-bond acceptors (Lipinski definition) is 3. The zero-order valence-electron chi connectivity index (χ0n) is 11.8. The monoisotopic (exact) mass is 262 g/mol. The zero-order valence-corrected chi connectivity index (χ0v) is 11.8. The van der Waals surface area contributed by atoms with Crippen LogP contribution in [-0.4, -0.2) is 37.6 Å². The second kappa shape index (κ2) is 5.21. The molecule has 1 aliphatic rings. The normalized spacial score (nSPS) is 17.8. The van der Waals surface area contributed by atoms with Crippen LogP contribution < -0.4 is 10.5 Å². The van der Waals surface area contributed by atoms with Crippen molar-refractivity contribution in [3.63, 3.8) is 0 Å². The second-order valence-corrected chi connectivity index (χ2v) is 5.96. The Bertz CT molecular complexity index is 471. The van der Waals surface area contributed by atoms with E-state index < -0.39 is 0 Å². The van der Waals surface area contributed by atoms with Gasteiger partial charge in [0.2, 0.25) is 5.91 Å². The maximum atomic E-state index is 12.5. The fourth-order valence-corrected chi connectivity index (χ4v) is 2.42. The van der Waals surface area contributed by atoms with E-state index in [1.54, 1.807) is 4.90 Å². The molecule has 4 nitrogen and oxygen atoms in total.